The fourth-order valence-corrected chi connectivity index (χ4v) is 2.16. The summed E-state index contributed by atoms with van der Waals surface area (Å²) in [5.74, 6) is 1.02. The molecule has 1 aromatic carbocycles. The zero-order valence-corrected chi connectivity index (χ0v) is 9.63. The quantitative estimate of drug-likeness (QED) is 0.851. The van der Waals surface area contributed by atoms with Gasteiger partial charge < -0.3 is 5.32 Å². The number of pyridine rings is 1. The van der Waals surface area contributed by atoms with Gasteiger partial charge in [0.2, 0.25) is 0 Å². The molecule has 0 atom stereocenters. The van der Waals surface area contributed by atoms with E-state index in [0.29, 0.717) is 0 Å². The lowest BCUT2D eigenvalue weighted by atomic mass is 10.1. The number of anilines is 1. The van der Waals surface area contributed by atoms with Crippen LogP contribution < -0.4 is 5.32 Å². The molecule has 0 fully saturated rings. The monoisotopic (exact) mass is 225 g/mol. The molecular weight excluding hydrogens is 210 g/mol. The summed E-state index contributed by atoms with van der Waals surface area (Å²) in [7, 11) is 0. The van der Waals surface area contributed by atoms with Gasteiger partial charge in [-0.3, -0.25) is 4.90 Å². The van der Waals surface area contributed by atoms with Crippen molar-refractivity contribution in [2.24, 2.45) is 0 Å². The molecule has 0 unspecified atom stereocenters. The zero-order valence-electron chi connectivity index (χ0n) is 9.63. The lowest BCUT2D eigenvalue weighted by Crippen LogP contribution is -2.33. The van der Waals surface area contributed by atoms with Crippen LogP contribution in [0, 0.1) is 0 Å². The van der Waals surface area contributed by atoms with E-state index in [1.807, 2.05) is 12.3 Å². The summed E-state index contributed by atoms with van der Waals surface area (Å²) in [5, 5.41) is 3.35. The average molecular weight is 225 g/mol. The summed E-state index contributed by atoms with van der Waals surface area (Å²) in [5.41, 5.74) is 2.62. The number of nitrogens with zero attached hydrogens (tertiary/aromatic N) is 2. The van der Waals surface area contributed by atoms with Gasteiger partial charge in [0.1, 0.15) is 5.82 Å². The fraction of sp³-hybridized carbons (Fsp3) is 0.214. The van der Waals surface area contributed by atoms with Gasteiger partial charge >= 0.3 is 0 Å². The van der Waals surface area contributed by atoms with Gasteiger partial charge in [0, 0.05) is 24.8 Å². The third kappa shape index (κ3) is 2.29. The van der Waals surface area contributed by atoms with Crippen LogP contribution in [-0.2, 0) is 13.1 Å². The Kier molecular flexibility index (Phi) is 2.76. The molecule has 2 heterocycles. The normalized spacial score (nSPS) is 15.1. The molecule has 0 radical (unpaired) electrons. The van der Waals surface area contributed by atoms with E-state index in [-0.39, 0.29) is 0 Å². The van der Waals surface area contributed by atoms with Crippen molar-refractivity contribution in [2.45, 2.75) is 13.1 Å². The number of nitrogens with one attached hydrogen (secondary N) is 1. The van der Waals surface area contributed by atoms with Gasteiger partial charge in [-0.2, -0.15) is 0 Å². The first kappa shape index (κ1) is 10.3. The van der Waals surface area contributed by atoms with E-state index in [1.54, 1.807) is 0 Å². The molecule has 0 spiro atoms. The zero-order chi connectivity index (χ0) is 11.5. The second kappa shape index (κ2) is 4.55. The molecule has 0 amide bonds. The smallest absolute Gasteiger partial charge is 0.131 e. The van der Waals surface area contributed by atoms with E-state index in [4.69, 9.17) is 0 Å². The average Bonchev–Trinajstić information content (AvgIpc) is 2.40. The lowest BCUT2D eigenvalue weighted by molar-refractivity contribution is 0.266. The predicted molar refractivity (Wildman–Crippen MR) is 68.4 cm³/mol. The minimum absolute atomic E-state index is 0.860. The van der Waals surface area contributed by atoms with Crippen molar-refractivity contribution in [3.8, 4) is 0 Å². The Hall–Kier alpha value is -1.87. The molecule has 3 rings (SSSR count). The van der Waals surface area contributed by atoms with Gasteiger partial charge in [0.25, 0.3) is 0 Å². The SMILES string of the molecule is c1ccc(CN2CNc3ncccc3C2)cc1. The number of aromatic nitrogens is 1. The highest BCUT2D eigenvalue weighted by atomic mass is 15.3. The minimum Gasteiger partial charge on any atom is -0.357 e. The lowest BCUT2D eigenvalue weighted by Gasteiger charge is -2.29. The van der Waals surface area contributed by atoms with Gasteiger partial charge in [-0.15, -0.1) is 0 Å². The Morgan fingerprint density at radius 1 is 1.12 bits per heavy atom. The second-order valence-electron chi connectivity index (χ2n) is 4.32. The molecule has 0 bridgehead atoms. The van der Waals surface area contributed by atoms with Crippen LogP contribution in [0.2, 0.25) is 0 Å². The Bertz CT molecular complexity index is 496. The van der Waals surface area contributed by atoms with Crippen molar-refractivity contribution in [2.75, 3.05) is 12.0 Å². The van der Waals surface area contributed by atoms with Gasteiger partial charge in [0.05, 0.1) is 6.67 Å². The molecule has 1 aliphatic rings. The largest absolute Gasteiger partial charge is 0.357 e. The van der Waals surface area contributed by atoms with Crippen molar-refractivity contribution in [3.05, 3.63) is 59.8 Å². The molecule has 1 aromatic heterocycles. The van der Waals surface area contributed by atoms with Crippen molar-refractivity contribution in [1.82, 2.24) is 9.88 Å². The third-order valence-electron chi connectivity index (χ3n) is 3.00. The minimum atomic E-state index is 0.860. The fourth-order valence-electron chi connectivity index (χ4n) is 2.16. The summed E-state index contributed by atoms with van der Waals surface area (Å²) in [6.07, 6.45) is 1.83. The van der Waals surface area contributed by atoms with E-state index < -0.39 is 0 Å². The summed E-state index contributed by atoms with van der Waals surface area (Å²) in [6.45, 7) is 2.80. The molecular formula is C14H15N3. The van der Waals surface area contributed by atoms with E-state index in [1.165, 1.54) is 11.1 Å². The Morgan fingerprint density at radius 3 is 2.88 bits per heavy atom. The van der Waals surface area contributed by atoms with Gasteiger partial charge in [-0.25, -0.2) is 4.98 Å². The van der Waals surface area contributed by atoms with Crippen LogP contribution in [0.25, 0.3) is 0 Å². The maximum atomic E-state index is 4.32. The Labute approximate surface area is 101 Å². The van der Waals surface area contributed by atoms with Crippen molar-refractivity contribution >= 4 is 5.82 Å². The summed E-state index contributed by atoms with van der Waals surface area (Å²) in [6, 6.07) is 14.7. The summed E-state index contributed by atoms with van der Waals surface area (Å²) in [4.78, 5) is 6.70. The highest BCUT2D eigenvalue weighted by molar-refractivity contribution is 5.45. The first-order chi connectivity index (χ1) is 8.42. The van der Waals surface area contributed by atoms with Gasteiger partial charge in [0.15, 0.2) is 0 Å². The van der Waals surface area contributed by atoms with Crippen LogP contribution in [0.15, 0.2) is 48.7 Å². The number of fused-ring (bicyclic) bond motifs is 1. The van der Waals surface area contributed by atoms with Crippen molar-refractivity contribution in [3.63, 3.8) is 0 Å². The molecule has 2 aromatic rings. The van der Waals surface area contributed by atoms with Gasteiger partial charge in [-0.05, 0) is 11.6 Å². The summed E-state index contributed by atoms with van der Waals surface area (Å²) >= 11 is 0. The highest BCUT2D eigenvalue weighted by Crippen LogP contribution is 2.20. The molecule has 3 nitrogen and oxygen atoms in total. The molecule has 86 valence electrons. The maximum Gasteiger partial charge on any atom is 0.131 e. The first-order valence-corrected chi connectivity index (χ1v) is 5.86. The predicted octanol–water partition coefficient (Wildman–Crippen LogP) is 2.47. The van der Waals surface area contributed by atoms with Crippen molar-refractivity contribution < 1.29 is 0 Å². The van der Waals surface area contributed by atoms with Gasteiger partial charge in [-0.1, -0.05) is 36.4 Å². The van der Waals surface area contributed by atoms with E-state index in [2.05, 4.69) is 51.6 Å². The number of benzene rings is 1. The number of hydrogen-bond donors (Lipinski definition) is 1. The molecule has 0 saturated heterocycles. The van der Waals surface area contributed by atoms with E-state index in [9.17, 15) is 0 Å². The van der Waals surface area contributed by atoms with Crippen LogP contribution in [0.3, 0.4) is 0 Å². The van der Waals surface area contributed by atoms with Crippen LogP contribution >= 0.6 is 0 Å². The Morgan fingerprint density at radius 2 is 2.00 bits per heavy atom. The van der Waals surface area contributed by atoms with E-state index in [0.717, 1.165) is 25.6 Å². The molecule has 0 saturated carbocycles. The molecule has 1 aliphatic heterocycles. The molecule has 1 N–H and O–H groups in total. The second-order valence-corrected chi connectivity index (χ2v) is 4.32. The standard InChI is InChI=1S/C14H15N3/c1-2-5-12(6-3-1)9-17-10-13-7-4-8-15-14(13)16-11-17/h1-8H,9-11H2,(H,15,16). The highest BCUT2D eigenvalue weighted by Gasteiger charge is 2.15. The van der Waals surface area contributed by atoms with Crippen LogP contribution in [0.5, 0.6) is 0 Å². The van der Waals surface area contributed by atoms with Crippen LogP contribution in [0.1, 0.15) is 11.1 Å². The molecule has 3 heteroatoms. The van der Waals surface area contributed by atoms with Crippen LogP contribution in [0.4, 0.5) is 5.82 Å². The topological polar surface area (TPSA) is 28.2 Å². The number of hydrogen-bond acceptors (Lipinski definition) is 3. The van der Waals surface area contributed by atoms with E-state index >= 15 is 0 Å². The maximum absolute atomic E-state index is 4.32. The third-order valence-corrected chi connectivity index (χ3v) is 3.00. The van der Waals surface area contributed by atoms with Crippen LogP contribution in [-0.4, -0.2) is 16.6 Å². The summed E-state index contributed by atoms with van der Waals surface area (Å²) < 4.78 is 0. The molecule has 0 aliphatic carbocycles. The Balaban J connectivity index is 1.72. The van der Waals surface area contributed by atoms with Crippen molar-refractivity contribution in [1.29, 1.82) is 0 Å². The first-order valence-electron chi connectivity index (χ1n) is 5.86. The molecule has 17 heavy (non-hydrogen) atoms. The number of rotatable bonds is 2.